The molecule has 2 nitrogen and oxygen atoms in total. The highest BCUT2D eigenvalue weighted by Crippen LogP contribution is 2.26. The summed E-state index contributed by atoms with van der Waals surface area (Å²) < 4.78 is 0. The van der Waals surface area contributed by atoms with E-state index in [0.717, 1.165) is 19.6 Å². The fraction of sp³-hybridized carbons (Fsp3) is 0.200. The Morgan fingerprint density at radius 2 is 1.55 bits per heavy atom. The smallest absolute Gasteiger partial charge is 0.0542 e. The number of hydrogen-bond acceptors (Lipinski definition) is 2. The number of anilines is 1. The van der Waals surface area contributed by atoms with Crippen molar-refractivity contribution in [2.45, 2.75) is 12.6 Å². The van der Waals surface area contributed by atoms with Gasteiger partial charge < -0.3 is 10.2 Å². The highest BCUT2D eigenvalue weighted by molar-refractivity contribution is 5.85. The van der Waals surface area contributed by atoms with Crippen LogP contribution in [-0.2, 0) is 6.54 Å². The predicted molar refractivity (Wildman–Crippen MR) is 93.2 cm³/mol. The van der Waals surface area contributed by atoms with E-state index in [1.54, 1.807) is 0 Å². The Labute approximate surface area is 131 Å². The Hall–Kier alpha value is -2.32. The average molecular weight is 288 g/mol. The Balaban J connectivity index is 1.69. The van der Waals surface area contributed by atoms with Gasteiger partial charge in [0, 0.05) is 25.3 Å². The molecule has 0 aliphatic carbocycles. The maximum Gasteiger partial charge on any atom is 0.0542 e. The second-order valence-corrected chi connectivity index (χ2v) is 5.96. The topological polar surface area (TPSA) is 15.3 Å². The van der Waals surface area contributed by atoms with E-state index in [0.29, 0.717) is 6.04 Å². The number of nitrogens with one attached hydrogen (secondary N) is 1. The van der Waals surface area contributed by atoms with Gasteiger partial charge in [0.15, 0.2) is 0 Å². The van der Waals surface area contributed by atoms with Crippen molar-refractivity contribution < 1.29 is 0 Å². The van der Waals surface area contributed by atoms with Gasteiger partial charge in [0.25, 0.3) is 0 Å². The quantitative estimate of drug-likeness (QED) is 0.785. The first-order valence-electron chi connectivity index (χ1n) is 7.90. The summed E-state index contributed by atoms with van der Waals surface area (Å²) in [5, 5.41) is 6.01. The van der Waals surface area contributed by atoms with E-state index in [2.05, 4.69) is 83.0 Å². The molecule has 1 N–H and O–H groups in total. The van der Waals surface area contributed by atoms with E-state index in [9.17, 15) is 0 Å². The van der Waals surface area contributed by atoms with Gasteiger partial charge in [0.1, 0.15) is 0 Å². The number of nitrogens with zero attached hydrogens (tertiary/aromatic N) is 1. The molecule has 0 saturated carbocycles. The van der Waals surface area contributed by atoms with Crippen molar-refractivity contribution in [2.75, 3.05) is 18.0 Å². The minimum absolute atomic E-state index is 0.585. The Morgan fingerprint density at radius 1 is 0.818 bits per heavy atom. The lowest BCUT2D eigenvalue weighted by molar-refractivity contribution is 0.411. The molecule has 1 aliphatic heterocycles. The molecule has 1 heterocycles. The minimum Gasteiger partial charge on any atom is -0.362 e. The zero-order valence-corrected chi connectivity index (χ0v) is 12.6. The van der Waals surface area contributed by atoms with Crippen molar-refractivity contribution in [1.29, 1.82) is 0 Å². The zero-order chi connectivity index (χ0) is 14.8. The van der Waals surface area contributed by atoms with E-state index in [1.807, 2.05) is 0 Å². The van der Waals surface area contributed by atoms with Gasteiger partial charge in [-0.3, -0.25) is 0 Å². The van der Waals surface area contributed by atoms with Crippen molar-refractivity contribution in [3.05, 3.63) is 78.4 Å². The van der Waals surface area contributed by atoms with E-state index < -0.39 is 0 Å². The number of hydrogen-bond donors (Lipinski definition) is 1. The van der Waals surface area contributed by atoms with Crippen molar-refractivity contribution in [2.24, 2.45) is 0 Å². The van der Waals surface area contributed by atoms with E-state index in [-0.39, 0.29) is 0 Å². The Kier molecular flexibility index (Phi) is 3.53. The minimum atomic E-state index is 0.585. The fourth-order valence-electron chi connectivity index (χ4n) is 3.06. The van der Waals surface area contributed by atoms with Crippen LogP contribution in [0.1, 0.15) is 5.56 Å². The van der Waals surface area contributed by atoms with E-state index in [4.69, 9.17) is 0 Å². The third kappa shape index (κ3) is 2.58. The molecule has 0 atom stereocenters. The first kappa shape index (κ1) is 13.4. The predicted octanol–water partition coefficient (Wildman–Crippen LogP) is 3.82. The third-order valence-corrected chi connectivity index (χ3v) is 4.46. The first-order chi connectivity index (χ1) is 10.9. The van der Waals surface area contributed by atoms with Crippen LogP contribution >= 0.6 is 0 Å². The Morgan fingerprint density at radius 3 is 2.27 bits per heavy atom. The fourth-order valence-corrected chi connectivity index (χ4v) is 3.06. The van der Waals surface area contributed by atoms with Crippen molar-refractivity contribution in [3.8, 4) is 0 Å². The van der Waals surface area contributed by atoms with Crippen LogP contribution in [-0.4, -0.2) is 19.1 Å². The molecule has 0 spiro atoms. The highest BCUT2D eigenvalue weighted by Gasteiger charge is 2.25. The second-order valence-electron chi connectivity index (χ2n) is 5.96. The molecule has 0 unspecified atom stereocenters. The van der Waals surface area contributed by atoms with Gasteiger partial charge in [-0.25, -0.2) is 0 Å². The molecule has 1 aliphatic rings. The lowest BCUT2D eigenvalue weighted by Gasteiger charge is -2.40. The summed E-state index contributed by atoms with van der Waals surface area (Å²) in [4.78, 5) is 2.53. The van der Waals surface area contributed by atoms with Crippen molar-refractivity contribution in [1.82, 2.24) is 5.32 Å². The molecule has 0 radical (unpaired) electrons. The maximum absolute atomic E-state index is 3.39. The Bertz CT molecular complexity index is 763. The SMILES string of the molecule is c1ccc(CN(c2ccc3ccccc3c2)C2CNC2)cc1. The van der Waals surface area contributed by atoms with Crippen molar-refractivity contribution >= 4 is 16.5 Å². The van der Waals surface area contributed by atoms with Crippen LogP contribution in [0.5, 0.6) is 0 Å². The van der Waals surface area contributed by atoms with E-state index >= 15 is 0 Å². The molecule has 0 aromatic heterocycles. The number of benzene rings is 3. The molecular formula is C20H20N2. The molecule has 3 aromatic rings. The van der Waals surface area contributed by atoms with E-state index in [1.165, 1.54) is 22.0 Å². The summed E-state index contributed by atoms with van der Waals surface area (Å²) in [5.74, 6) is 0. The molecule has 0 amide bonds. The first-order valence-corrected chi connectivity index (χ1v) is 7.90. The van der Waals surface area contributed by atoms with Gasteiger partial charge in [-0.15, -0.1) is 0 Å². The van der Waals surface area contributed by atoms with Crippen LogP contribution in [0.2, 0.25) is 0 Å². The third-order valence-electron chi connectivity index (χ3n) is 4.46. The summed E-state index contributed by atoms with van der Waals surface area (Å²) in [6.45, 7) is 3.10. The standard InChI is InChI=1S/C20H20N2/c1-2-6-16(7-3-1)15-22(20-13-21-14-20)19-11-10-17-8-4-5-9-18(17)12-19/h1-12,20-21H,13-15H2. The summed E-state index contributed by atoms with van der Waals surface area (Å²) in [6.07, 6.45) is 0. The van der Waals surface area contributed by atoms with Gasteiger partial charge in [-0.05, 0) is 28.5 Å². The number of rotatable bonds is 4. The van der Waals surface area contributed by atoms with Gasteiger partial charge in [0.2, 0.25) is 0 Å². The second kappa shape index (κ2) is 5.82. The normalized spacial score (nSPS) is 14.7. The van der Waals surface area contributed by atoms with Gasteiger partial charge in [0.05, 0.1) is 6.04 Å². The molecule has 4 rings (SSSR count). The zero-order valence-electron chi connectivity index (χ0n) is 12.6. The van der Waals surface area contributed by atoms with Crippen LogP contribution in [0.25, 0.3) is 10.8 Å². The monoisotopic (exact) mass is 288 g/mol. The maximum atomic E-state index is 3.39. The van der Waals surface area contributed by atoms with Crippen molar-refractivity contribution in [3.63, 3.8) is 0 Å². The summed E-state index contributed by atoms with van der Waals surface area (Å²) in [6, 6.07) is 26.7. The molecule has 2 heteroatoms. The lowest BCUT2D eigenvalue weighted by atomic mass is 10.0. The summed E-state index contributed by atoms with van der Waals surface area (Å²) in [5.41, 5.74) is 2.68. The summed E-state index contributed by atoms with van der Waals surface area (Å²) in [7, 11) is 0. The largest absolute Gasteiger partial charge is 0.362 e. The van der Waals surface area contributed by atoms with Crippen LogP contribution < -0.4 is 10.2 Å². The van der Waals surface area contributed by atoms with Crippen LogP contribution in [0.15, 0.2) is 72.8 Å². The van der Waals surface area contributed by atoms with Crippen LogP contribution in [0, 0.1) is 0 Å². The molecule has 110 valence electrons. The number of fused-ring (bicyclic) bond motifs is 1. The summed E-state index contributed by atoms with van der Waals surface area (Å²) >= 11 is 0. The molecule has 22 heavy (non-hydrogen) atoms. The average Bonchev–Trinajstić information content (AvgIpc) is 2.53. The molecule has 0 bridgehead atoms. The van der Waals surface area contributed by atoms with Gasteiger partial charge in [-0.2, -0.15) is 0 Å². The van der Waals surface area contributed by atoms with Crippen LogP contribution in [0.3, 0.4) is 0 Å². The molecule has 3 aromatic carbocycles. The van der Waals surface area contributed by atoms with Crippen LogP contribution in [0.4, 0.5) is 5.69 Å². The van der Waals surface area contributed by atoms with Gasteiger partial charge in [-0.1, -0.05) is 60.7 Å². The molecular weight excluding hydrogens is 268 g/mol. The van der Waals surface area contributed by atoms with Gasteiger partial charge >= 0.3 is 0 Å². The molecule has 1 fully saturated rings. The highest BCUT2D eigenvalue weighted by atomic mass is 15.2. The molecule has 1 saturated heterocycles. The lowest BCUT2D eigenvalue weighted by Crippen LogP contribution is -2.57.